The van der Waals surface area contributed by atoms with E-state index >= 15 is 0 Å². The summed E-state index contributed by atoms with van der Waals surface area (Å²) in [7, 11) is 0. The molecule has 19 heavy (non-hydrogen) atoms. The van der Waals surface area contributed by atoms with Gasteiger partial charge >= 0.3 is 0 Å². The van der Waals surface area contributed by atoms with E-state index in [0.717, 1.165) is 25.7 Å². The third-order valence-electron chi connectivity index (χ3n) is 4.62. The Hall–Kier alpha value is -0.120. The van der Waals surface area contributed by atoms with E-state index in [1.165, 1.54) is 64.5 Å². The Labute approximate surface area is 119 Å². The largest absolute Gasteiger partial charge is 0.377 e. The van der Waals surface area contributed by atoms with Crippen molar-refractivity contribution < 1.29 is 4.74 Å². The lowest BCUT2D eigenvalue weighted by Gasteiger charge is -2.25. The van der Waals surface area contributed by atoms with Crippen LogP contribution < -0.4 is 5.32 Å². The van der Waals surface area contributed by atoms with E-state index in [4.69, 9.17) is 4.74 Å². The molecule has 0 aromatic carbocycles. The van der Waals surface area contributed by atoms with Gasteiger partial charge in [0.15, 0.2) is 0 Å². The van der Waals surface area contributed by atoms with Gasteiger partial charge in [0.1, 0.15) is 0 Å². The maximum absolute atomic E-state index is 5.73. The van der Waals surface area contributed by atoms with Crippen LogP contribution in [0.25, 0.3) is 0 Å². The van der Waals surface area contributed by atoms with Gasteiger partial charge in [-0.25, -0.2) is 0 Å². The molecular weight excluding hydrogens is 236 g/mol. The number of nitrogens with zero attached hydrogens (tertiary/aromatic N) is 1. The number of ether oxygens (including phenoxy) is 1. The topological polar surface area (TPSA) is 24.5 Å². The van der Waals surface area contributed by atoms with Crippen LogP contribution in [0, 0.1) is 0 Å². The molecule has 1 saturated heterocycles. The third kappa shape index (κ3) is 5.80. The molecule has 1 N–H and O–H groups in total. The highest BCUT2D eigenvalue weighted by Crippen LogP contribution is 2.17. The van der Waals surface area contributed by atoms with Gasteiger partial charge < -0.3 is 15.0 Å². The summed E-state index contributed by atoms with van der Waals surface area (Å²) < 4.78 is 5.73. The van der Waals surface area contributed by atoms with Crippen molar-refractivity contribution in [2.45, 2.75) is 70.4 Å². The number of likely N-dealkylation sites (N-methyl/N-ethyl adjacent to an activating group) is 1. The molecule has 112 valence electrons. The van der Waals surface area contributed by atoms with E-state index < -0.39 is 0 Å². The second kappa shape index (κ2) is 8.93. The molecule has 1 heterocycles. The van der Waals surface area contributed by atoms with Crippen molar-refractivity contribution in [2.24, 2.45) is 0 Å². The van der Waals surface area contributed by atoms with Crippen molar-refractivity contribution in [1.82, 2.24) is 10.2 Å². The van der Waals surface area contributed by atoms with Gasteiger partial charge in [0.25, 0.3) is 0 Å². The minimum absolute atomic E-state index is 0.506. The van der Waals surface area contributed by atoms with Gasteiger partial charge in [-0.3, -0.25) is 0 Å². The molecule has 0 amide bonds. The average molecular weight is 268 g/mol. The van der Waals surface area contributed by atoms with Crippen molar-refractivity contribution in [3.05, 3.63) is 0 Å². The Balaban J connectivity index is 1.52. The highest BCUT2D eigenvalue weighted by molar-refractivity contribution is 4.73. The fourth-order valence-corrected chi connectivity index (χ4v) is 3.37. The fraction of sp³-hybridized carbons (Fsp3) is 1.00. The van der Waals surface area contributed by atoms with Crippen LogP contribution in [0.3, 0.4) is 0 Å². The predicted molar refractivity (Wildman–Crippen MR) is 80.6 cm³/mol. The zero-order valence-corrected chi connectivity index (χ0v) is 12.7. The molecule has 3 nitrogen and oxygen atoms in total. The van der Waals surface area contributed by atoms with Gasteiger partial charge in [0.05, 0.1) is 6.10 Å². The quantitative estimate of drug-likeness (QED) is 0.685. The second-order valence-electron chi connectivity index (χ2n) is 6.17. The number of nitrogens with one attached hydrogen (secondary N) is 1. The lowest BCUT2D eigenvalue weighted by atomic mass is 9.95. The van der Waals surface area contributed by atoms with Crippen molar-refractivity contribution in [3.8, 4) is 0 Å². The summed E-state index contributed by atoms with van der Waals surface area (Å²) in [6.45, 7) is 7.95. The first-order chi connectivity index (χ1) is 9.38. The van der Waals surface area contributed by atoms with Crippen LogP contribution in [0.1, 0.15) is 58.3 Å². The molecule has 0 radical (unpaired) electrons. The third-order valence-corrected chi connectivity index (χ3v) is 4.62. The minimum atomic E-state index is 0.506. The van der Waals surface area contributed by atoms with E-state index in [1.807, 2.05) is 0 Å². The normalized spacial score (nSPS) is 25.3. The molecule has 2 rings (SSSR count). The van der Waals surface area contributed by atoms with Gasteiger partial charge in [0.2, 0.25) is 0 Å². The monoisotopic (exact) mass is 268 g/mol. The standard InChI is InChI=1S/C16H32N2O/c1-2-18(14-16-10-6-13-19-16)12-7-11-17-15-8-4-3-5-9-15/h15-17H,2-14H2,1H3. The van der Waals surface area contributed by atoms with Crippen LogP contribution in [0.15, 0.2) is 0 Å². The predicted octanol–water partition coefficient (Wildman–Crippen LogP) is 2.80. The Morgan fingerprint density at radius 3 is 2.63 bits per heavy atom. The van der Waals surface area contributed by atoms with Crippen LogP contribution in [0.2, 0.25) is 0 Å². The Bertz CT molecular complexity index is 223. The van der Waals surface area contributed by atoms with E-state index in [0.29, 0.717) is 6.10 Å². The van der Waals surface area contributed by atoms with Crippen molar-refractivity contribution in [1.29, 1.82) is 0 Å². The maximum atomic E-state index is 5.73. The number of hydrogen-bond donors (Lipinski definition) is 1. The summed E-state index contributed by atoms with van der Waals surface area (Å²) in [5, 5.41) is 3.74. The first-order valence-corrected chi connectivity index (χ1v) is 8.46. The van der Waals surface area contributed by atoms with E-state index in [9.17, 15) is 0 Å². The highest BCUT2D eigenvalue weighted by Gasteiger charge is 2.18. The van der Waals surface area contributed by atoms with Crippen LogP contribution in [0.5, 0.6) is 0 Å². The van der Waals surface area contributed by atoms with Gasteiger partial charge in [-0.05, 0) is 51.7 Å². The molecule has 0 bridgehead atoms. The summed E-state index contributed by atoms with van der Waals surface area (Å²) in [6.07, 6.45) is 11.4. The summed E-state index contributed by atoms with van der Waals surface area (Å²) in [4.78, 5) is 2.55. The van der Waals surface area contributed by atoms with Crippen LogP contribution >= 0.6 is 0 Å². The first kappa shape index (κ1) is 15.3. The van der Waals surface area contributed by atoms with Gasteiger partial charge in [-0.15, -0.1) is 0 Å². The van der Waals surface area contributed by atoms with Crippen molar-refractivity contribution in [3.63, 3.8) is 0 Å². The second-order valence-corrected chi connectivity index (χ2v) is 6.17. The fourth-order valence-electron chi connectivity index (χ4n) is 3.37. The molecule has 0 aromatic heterocycles. The van der Waals surface area contributed by atoms with E-state index in [-0.39, 0.29) is 0 Å². The lowest BCUT2D eigenvalue weighted by molar-refractivity contribution is 0.0744. The minimum Gasteiger partial charge on any atom is -0.377 e. The summed E-state index contributed by atoms with van der Waals surface area (Å²) >= 11 is 0. The lowest BCUT2D eigenvalue weighted by Crippen LogP contribution is -2.36. The molecule has 1 aliphatic carbocycles. The molecular formula is C16H32N2O. The molecule has 1 unspecified atom stereocenters. The smallest absolute Gasteiger partial charge is 0.0702 e. The van der Waals surface area contributed by atoms with Crippen LogP contribution in [-0.4, -0.2) is 49.8 Å². The van der Waals surface area contributed by atoms with Crippen LogP contribution in [-0.2, 0) is 4.74 Å². The number of rotatable bonds is 8. The Morgan fingerprint density at radius 1 is 1.11 bits per heavy atom. The van der Waals surface area contributed by atoms with Crippen LogP contribution in [0.4, 0.5) is 0 Å². The Morgan fingerprint density at radius 2 is 1.95 bits per heavy atom. The molecule has 0 spiro atoms. The zero-order chi connectivity index (χ0) is 13.3. The van der Waals surface area contributed by atoms with E-state index in [2.05, 4.69) is 17.1 Å². The maximum Gasteiger partial charge on any atom is 0.0702 e. The summed E-state index contributed by atoms with van der Waals surface area (Å²) in [6, 6.07) is 0.807. The Kier molecular flexibility index (Phi) is 7.18. The molecule has 2 aliphatic rings. The summed E-state index contributed by atoms with van der Waals surface area (Å²) in [5.74, 6) is 0. The molecule has 3 heteroatoms. The molecule has 0 aromatic rings. The SMILES string of the molecule is CCN(CCCNC1CCCCC1)CC1CCCO1. The molecule has 1 saturated carbocycles. The first-order valence-electron chi connectivity index (χ1n) is 8.46. The molecule has 1 aliphatic heterocycles. The van der Waals surface area contributed by atoms with E-state index in [1.54, 1.807) is 0 Å². The van der Waals surface area contributed by atoms with Crippen molar-refractivity contribution in [2.75, 3.05) is 32.8 Å². The van der Waals surface area contributed by atoms with Gasteiger partial charge in [0, 0.05) is 19.2 Å². The highest BCUT2D eigenvalue weighted by atomic mass is 16.5. The number of hydrogen-bond acceptors (Lipinski definition) is 3. The average Bonchev–Trinajstić information content (AvgIpc) is 2.96. The summed E-state index contributed by atoms with van der Waals surface area (Å²) in [5.41, 5.74) is 0. The van der Waals surface area contributed by atoms with Gasteiger partial charge in [-0.2, -0.15) is 0 Å². The zero-order valence-electron chi connectivity index (χ0n) is 12.7. The van der Waals surface area contributed by atoms with Crippen molar-refractivity contribution >= 4 is 0 Å². The molecule has 2 fully saturated rings. The molecule has 1 atom stereocenters. The van der Waals surface area contributed by atoms with Gasteiger partial charge in [-0.1, -0.05) is 26.2 Å².